The zero-order valence-electron chi connectivity index (χ0n) is 11.9. The van der Waals surface area contributed by atoms with Crippen LogP contribution in [0.5, 0.6) is 0 Å². The highest BCUT2D eigenvalue weighted by molar-refractivity contribution is 7.10. The fourth-order valence-corrected chi connectivity index (χ4v) is 3.69. The van der Waals surface area contributed by atoms with Crippen LogP contribution >= 0.6 is 11.3 Å². The summed E-state index contributed by atoms with van der Waals surface area (Å²) in [5, 5.41) is 2.11. The van der Waals surface area contributed by atoms with Gasteiger partial charge in [-0.25, -0.2) is 0 Å². The third-order valence-corrected chi connectivity index (χ3v) is 5.02. The first-order valence-corrected chi connectivity index (χ1v) is 7.70. The maximum Gasteiger partial charge on any atom is 0.236 e. The summed E-state index contributed by atoms with van der Waals surface area (Å²) in [6, 6.07) is 2.38. The summed E-state index contributed by atoms with van der Waals surface area (Å²) in [7, 11) is 1.87. The number of thiophene rings is 1. The predicted octanol–water partition coefficient (Wildman–Crippen LogP) is 1.61. The van der Waals surface area contributed by atoms with Crippen LogP contribution in [0.15, 0.2) is 11.4 Å². The van der Waals surface area contributed by atoms with Crippen molar-refractivity contribution in [1.29, 1.82) is 0 Å². The molecule has 19 heavy (non-hydrogen) atoms. The lowest BCUT2D eigenvalue weighted by atomic mass is 10.00. The van der Waals surface area contributed by atoms with Crippen LogP contribution in [0.4, 0.5) is 0 Å². The van der Waals surface area contributed by atoms with E-state index in [4.69, 9.17) is 5.73 Å². The molecule has 2 rings (SSSR count). The number of carbonyl (C=O) groups is 1. The van der Waals surface area contributed by atoms with Gasteiger partial charge in [0.1, 0.15) is 0 Å². The molecule has 1 fully saturated rings. The standard InChI is InChI=1S/C14H23N3OS/c1-4-11(15)13(14-10(2)5-8-19-14)17-7-6-16(3)12(18)9-17/h5,8,11,13H,4,6-7,9,15H2,1-3H3. The molecule has 106 valence electrons. The summed E-state index contributed by atoms with van der Waals surface area (Å²) < 4.78 is 0. The summed E-state index contributed by atoms with van der Waals surface area (Å²) in [5.41, 5.74) is 7.61. The summed E-state index contributed by atoms with van der Waals surface area (Å²) in [6.07, 6.45) is 0.919. The van der Waals surface area contributed by atoms with Crippen molar-refractivity contribution < 1.29 is 4.79 Å². The average molecular weight is 281 g/mol. The van der Waals surface area contributed by atoms with Gasteiger partial charge in [-0.1, -0.05) is 6.92 Å². The van der Waals surface area contributed by atoms with Crippen LogP contribution in [0.25, 0.3) is 0 Å². The SMILES string of the molecule is CCC(N)C(c1sccc1C)N1CCN(C)C(=O)C1. The Kier molecular flexibility index (Phi) is 4.60. The van der Waals surface area contributed by atoms with Crippen LogP contribution in [0, 0.1) is 6.92 Å². The van der Waals surface area contributed by atoms with Crippen LogP contribution < -0.4 is 5.73 Å². The van der Waals surface area contributed by atoms with Gasteiger partial charge in [-0.15, -0.1) is 11.3 Å². The highest BCUT2D eigenvalue weighted by atomic mass is 32.1. The van der Waals surface area contributed by atoms with Crippen LogP contribution in [0.1, 0.15) is 29.8 Å². The first-order valence-electron chi connectivity index (χ1n) is 6.82. The topological polar surface area (TPSA) is 49.6 Å². The van der Waals surface area contributed by atoms with Gasteiger partial charge in [-0.05, 0) is 30.4 Å². The van der Waals surface area contributed by atoms with Gasteiger partial charge in [0.25, 0.3) is 0 Å². The minimum Gasteiger partial charge on any atom is -0.343 e. The number of hydrogen-bond acceptors (Lipinski definition) is 4. The van der Waals surface area contributed by atoms with Gasteiger partial charge < -0.3 is 10.6 Å². The molecule has 1 aliphatic heterocycles. The monoisotopic (exact) mass is 281 g/mol. The van der Waals surface area contributed by atoms with Crippen LogP contribution in [0.2, 0.25) is 0 Å². The number of likely N-dealkylation sites (N-methyl/N-ethyl adjacent to an activating group) is 1. The quantitative estimate of drug-likeness (QED) is 0.912. The van der Waals surface area contributed by atoms with E-state index in [9.17, 15) is 4.79 Å². The molecule has 0 saturated carbocycles. The Morgan fingerprint density at radius 1 is 1.47 bits per heavy atom. The van der Waals surface area contributed by atoms with Gasteiger partial charge in [0.05, 0.1) is 12.6 Å². The molecular formula is C14H23N3OS. The maximum absolute atomic E-state index is 11.9. The van der Waals surface area contributed by atoms with E-state index in [0.717, 1.165) is 19.5 Å². The van der Waals surface area contributed by atoms with E-state index < -0.39 is 0 Å². The molecule has 1 aromatic heterocycles. The summed E-state index contributed by atoms with van der Waals surface area (Å²) in [6.45, 7) is 6.40. The number of carbonyl (C=O) groups excluding carboxylic acids is 1. The van der Waals surface area contributed by atoms with E-state index in [1.807, 2.05) is 7.05 Å². The molecule has 1 saturated heterocycles. The molecule has 5 heteroatoms. The van der Waals surface area contributed by atoms with E-state index in [-0.39, 0.29) is 18.0 Å². The highest BCUT2D eigenvalue weighted by Gasteiger charge is 2.32. The normalized spacial score (nSPS) is 20.6. The third kappa shape index (κ3) is 2.99. The summed E-state index contributed by atoms with van der Waals surface area (Å²) >= 11 is 1.75. The second-order valence-electron chi connectivity index (χ2n) is 5.27. The third-order valence-electron chi connectivity index (χ3n) is 3.93. The Bertz CT molecular complexity index is 446. The van der Waals surface area contributed by atoms with E-state index in [1.165, 1.54) is 10.4 Å². The lowest BCUT2D eigenvalue weighted by molar-refractivity contribution is -0.135. The molecule has 0 bridgehead atoms. The molecular weight excluding hydrogens is 258 g/mol. The maximum atomic E-state index is 11.9. The fraction of sp³-hybridized carbons (Fsp3) is 0.643. The van der Waals surface area contributed by atoms with E-state index in [0.29, 0.717) is 6.54 Å². The van der Waals surface area contributed by atoms with Gasteiger partial charge in [0.2, 0.25) is 5.91 Å². The summed E-state index contributed by atoms with van der Waals surface area (Å²) in [4.78, 5) is 17.3. The molecule has 1 amide bonds. The van der Waals surface area contributed by atoms with Crippen LogP contribution in [-0.4, -0.2) is 48.4 Å². The van der Waals surface area contributed by atoms with Gasteiger partial charge >= 0.3 is 0 Å². The Balaban J connectivity index is 2.24. The zero-order chi connectivity index (χ0) is 14.0. The molecule has 0 radical (unpaired) electrons. The Hall–Kier alpha value is -0.910. The first kappa shape index (κ1) is 14.5. The minimum absolute atomic E-state index is 0.0774. The van der Waals surface area contributed by atoms with Crippen molar-refractivity contribution in [1.82, 2.24) is 9.80 Å². The minimum atomic E-state index is 0.0774. The van der Waals surface area contributed by atoms with Crippen molar-refractivity contribution in [2.24, 2.45) is 5.73 Å². The largest absolute Gasteiger partial charge is 0.343 e. The predicted molar refractivity (Wildman–Crippen MR) is 79.3 cm³/mol. The number of nitrogens with two attached hydrogens (primary N) is 1. The van der Waals surface area contributed by atoms with E-state index >= 15 is 0 Å². The molecule has 2 heterocycles. The summed E-state index contributed by atoms with van der Waals surface area (Å²) in [5.74, 6) is 0.189. The van der Waals surface area contributed by atoms with E-state index in [2.05, 4.69) is 30.2 Å². The molecule has 2 N–H and O–H groups in total. The number of nitrogens with zero attached hydrogens (tertiary/aromatic N) is 2. The van der Waals surface area contributed by atoms with Gasteiger partial charge in [-0.2, -0.15) is 0 Å². The highest BCUT2D eigenvalue weighted by Crippen LogP contribution is 2.32. The van der Waals surface area contributed by atoms with Crippen LogP contribution in [-0.2, 0) is 4.79 Å². The second kappa shape index (κ2) is 6.03. The van der Waals surface area contributed by atoms with Crippen molar-refractivity contribution >= 4 is 17.2 Å². The van der Waals surface area contributed by atoms with Gasteiger partial charge in [0.15, 0.2) is 0 Å². The zero-order valence-corrected chi connectivity index (χ0v) is 12.7. The second-order valence-corrected chi connectivity index (χ2v) is 6.22. The van der Waals surface area contributed by atoms with Crippen molar-refractivity contribution in [3.8, 4) is 0 Å². The lowest BCUT2D eigenvalue weighted by Crippen LogP contribution is -2.52. The fourth-order valence-electron chi connectivity index (χ4n) is 2.56. The molecule has 1 aliphatic rings. The molecule has 4 nitrogen and oxygen atoms in total. The lowest BCUT2D eigenvalue weighted by Gasteiger charge is -2.39. The number of aryl methyl sites for hydroxylation is 1. The first-order chi connectivity index (χ1) is 9.04. The molecule has 0 spiro atoms. The molecule has 2 unspecified atom stereocenters. The molecule has 1 aromatic rings. The Labute approximate surface area is 119 Å². The van der Waals surface area contributed by atoms with E-state index in [1.54, 1.807) is 16.2 Å². The Morgan fingerprint density at radius 2 is 2.21 bits per heavy atom. The van der Waals surface area contributed by atoms with Crippen molar-refractivity contribution in [3.05, 3.63) is 21.9 Å². The van der Waals surface area contributed by atoms with Crippen LogP contribution in [0.3, 0.4) is 0 Å². The molecule has 0 aromatic carbocycles. The smallest absolute Gasteiger partial charge is 0.236 e. The average Bonchev–Trinajstić information content (AvgIpc) is 2.80. The molecule has 0 aliphatic carbocycles. The van der Waals surface area contributed by atoms with Crippen molar-refractivity contribution in [3.63, 3.8) is 0 Å². The van der Waals surface area contributed by atoms with Crippen molar-refractivity contribution in [2.45, 2.75) is 32.4 Å². The molecule has 2 atom stereocenters. The Morgan fingerprint density at radius 3 is 2.74 bits per heavy atom. The number of amides is 1. The van der Waals surface area contributed by atoms with Crippen molar-refractivity contribution in [2.75, 3.05) is 26.7 Å². The van der Waals surface area contributed by atoms with Gasteiger partial charge in [0, 0.05) is 31.1 Å². The van der Waals surface area contributed by atoms with Gasteiger partial charge in [-0.3, -0.25) is 9.69 Å². The number of rotatable bonds is 4. The number of piperazine rings is 1. The number of hydrogen-bond donors (Lipinski definition) is 1.